The van der Waals surface area contributed by atoms with Crippen LogP contribution in [0.3, 0.4) is 0 Å². The number of carbonyl (C=O) groups excluding carboxylic acids is 1. The molecule has 0 saturated heterocycles. The normalized spacial score (nSPS) is 10.3. The summed E-state index contributed by atoms with van der Waals surface area (Å²) in [6.45, 7) is 0.443. The Labute approximate surface area is 143 Å². The van der Waals surface area contributed by atoms with Crippen molar-refractivity contribution in [2.75, 3.05) is 12.8 Å². The Balaban J connectivity index is 1.99. The molecule has 23 heavy (non-hydrogen) atoms. The van der Waals surface area contributed by atoms with E-state index >= 15 is 0 Å². The molecule has 7 heteroatoms. The number of hydrogen-bond acceptors (Lipinski definition) is 4. The number of carbonyl (C=O) groups is 1. The molecule has 2 aromatic carbocycles. The monoisotopic (exact) mass is 350 g/mol. The van der Waals surface area contributed by atoms with E-state index < -0.39 is 4.92 Å². The van der Waals surface area contributed by atoms with E-state index in [9.17, 15) is 14.9 Å². The third-order valence-corrected chi connectivity index (χ3v) is 4.29. The van der Waals surface area contributed by atoms with E-state index in [1.807, 2.05) is 12.1 Å². The van der Waals surface area contributed by atoms with Gasteiger partial charge in [0, 0.05) is 23.2 Å². The van der Waals surface area contributed by atoms with Gasteiger partial charge in [-0.25, -0.2) is 0 Å². The lowest BCUT2D eigenvalue weighted by molar-refractivity contribution is -0.387. The molecule has 0 spiro atoms. The number of nitro benzene ring substituents is 1. The number of amides is 1. The highest BCUT2D eigenvalue weighted by molar-refractivity contribution is 7.98. The minimum absolute atomic E-state index is 0.0529. The zero-order valence-electron chi connectivity index (χ0n) is 12.4. The van der Waals surface area contributed by atoms with Gasteiger partial charge in [-0.3, -0.25) is 14.9 Å². The number of nitrogens with one attached hydrogen (secondary N) is 1. The number of hydrogen-bond donors (Lipinski definition) is 1. The summed E-state index contributed by atoms with van der Waals surface area (Å²) in [4.78, 5) is 23.2. The number of thioether (sulfide) groups is 1. The molecule has 2 rings (SSSR count). The highest BCUT2D eigenvalue weighted by Gasteiger charge is 2.16. The smallest absolute Gasteiger partial charge is 0.283 e. The van der Waals surface area contributed by atoms with E-state index in [-0.39, 0.29) is 17.2 Å². The second-order valence-corrected chi connectivity index (χ2v) is 6.06. The Kier molecular flexibility index (Phi) is 6.01. The van der Waals surface area contributed by atoms with Crippen LogP contribution in [0.1, 0.15) is 15.9 Å². The lowest BCUT2D eigenvalue weighted by atomic mass is 10.1. The molecule has 0 radical (unpaired) electrons. The first-order chi connectivity index (χ1) is 11.0. The topological polar surface area (TPSA) is 72.2 Å². The number of nitro groups is 1. The molecule has 0 aliphatic rings. The van der Waals surface area contributed by atoms with E-state index in [1.165, 1.54) is 17.8 Å². The lowest BCUT2D eigenvalue weighted by Gasteiger charge is -2.07. The second-order valence-electron chi connectivity index (χ2n) is 4.78. The molecule has 0 heterocycles. The van der Waals surface area contributed by atoms with Gasteiger partial charge in [0.25, 0.3) is 11.6 Å². The Bertz CT molecular complexity index is 720. The molecular weight excluding hydrogens is 336 g/mol. The molecule has 1 N–H and O–H groups in total. The molecule has 0 fully saturated rings. The Morgan fingerprint density at radius 1 is 1.26 bits per heavy atom. The van der Waals surface area contributed by atoms with Gasteiger partial charge < -0.3 is 5.32 Å². The van der Waals surface area contributed by atoms with E-state index in [1.54, 1.807) is 30.5 Å². The van der Waals surface area contributed by atoms with Crippen LogP contribution in [-0.4, -0.2) is 23.6 Å². The van der Waals surface area contributed by atoms with Gasteiger partial charge in [0.1, 0.15) is 0 Å². The molecule has 5 nitrogen and oxygen atoms in total. The molecule has 1 amide bonds. The summed E-state index contributed by atoms with van der Waals surface area (Å²) in [7, 11) is 0. The highest BCUT2D eigenvalue weighted by Crippen LogP contribution is 2.28. The van der Waals surface area contributed by atoms with Crippen molar-refractivity contribution in [3.63, 3.8) is 0 Å². The molecule has 0 aliphatic heterocycles. The first kappa shape index (κ1) is 17.3. The van der Waals surface area contributed by atoms with Crippen molar-refractivity contribution >= 4 is 35.0 Å². The minimum Gasteiger partial charge on any atom is -0.352 e. The average Bonchev–Trinajstić information content (AvgIpc) is 2.55. The van der Waals surface area contributed by atoms with Crippen LogP contribution in [-0.2, 0) is 6.42 Å². The fraction of sp³-hybridized carbons (Fsp3) is 0.188. The van der Waals surface area contributed by atoms with Gasteiger partial charge in [-0.05, 0) is 42.5 Å². The number of benzene rings is 2. The second kappa shape index (κ2) is 7.99. The van der Waals surface area contributed by atoms with E-state index in [2.05, 4.69) is 5.32 Å². The first-order valence-electron chi connectivity index (χ1n) is 6.86. The van der Waals surface area contributed by atoms with E-state index in [4.69, 9.17) is 11.6 Å². The lowest BCUT2D eigenvalue weighted by Crippen LogP contribution is -2.25. The molecule has 0 bridgehead atoms. The molecule has 120 valence electrons. The molecule has 0 unspecified atom stereocenters. The van der Waals surface area contributed by atoms with Crippen LogP contribution in [0.15, 0.2) is 47.4 Å². The third kappa shape index (κ3) is 4.71. The van der Waals surface area contributed by atoms with E-state index in [0.717, 1.165) is 5.56 Å². The molecule has 0 aromatic heterocycles. The van der Waals surface area contributed by atoms with Crippen LogP contribution < -0.4 is 5.32 Å². The van der Waals surface area contributed by atoms with Gasteiger partial charge in [-0.1, -0.05) is 23.7 Å². The first-order valence-corrected chi connectivity index (χ1v) is 8.46. The molecule has 0 atom stereocenters. The molecule has 0 saturated carbocycles. The summed E-state index contributed by atoms with van der Waals surface area (Å²) < 4.78 is 0. The van der Waals surface area contributed by atoms with E-state index in [0.29, 0.717) is 22.9 Å². The van der Waals surface area contributed by atoms with Crippen LogP contribution >= 0.6 is 23.4 Å². The Morgan fingerprint density at radius 3 is 2.57 bits per heavy atom. The van der Waals surface area contributed by atoms with Gasteiger partial charge in [0.15, 0.2) is 0 Å². The summed E-state index contributed by atoms with van der Waals surface area (Å²) in [6.07, 6.45) is 2.42. The number of nitrogens with zero attached hydrogens (tertiary/aromatic N) is 1. The van der Waals surface area contributed by atoms with Crippen molar-refractivity contribution in [1.82, 2.24) is 5.32 Å². The fourth-order valence-corrected chi connectivity index (χ4v) is 2.72. The average molecular weight is 351 g/mol. The summed E-state index contributed by atoms with van der Waals surface area (Å²) in [5.41, 5.74) is 1.28. The highest BCUT2D eigenvalue weighted by atomic mass is 35.5. The number of rotatable bonds is 6. The summed E-state index contributed by atoms with van der Waals surface area (Å²) >= 11 is 7.09. The van der Waals surface area contributed by atoms with Crippen LogP contribution in [0.2, 0.25) is 5.02 Å². The maximum atomic E-state index is 12.1. The van der Waals surface area contributed by atoms with Crippen molar-refractivity contribution in [1.29, 1.82) is 0 Å². The summed E-state index contributed by atoms with van der Waals surface area (Å²) in [5.74, 6) is -0.324. The maximum Gasteiger partial charge on any atom is 0.283 e. The quantitative estimate of drug-likeness (QED) is 0.486. The van der Waals surface area contributed by atoms with Gasteiger partial charge in [-0.15, -0.1) is 11.8 Å². The Morgan fingerprint density at radius 2 is 1.96 bits per heavy atom. The van der Waals surface area contributed by atoms with Crippen molar-refractivity contribution < 1.29 is 9.72 Å². The van der Waals surface area contributed by atoms with Crippen molar-refractivity contribution in [3.8, 4) is 0 Å². The molecule has 0 aliphatic carbocycles. The zero-order valence-corrected chi connectivity index (χ0v) is 14.0. The van der Waals surface area contributed by atoms with Crippen molar-refractivity contribution in [2.24, 2.45) is 0 Å². The standard InChI is InChI=1S/C16H15ClN2O3S/c1-23-15-7-4-12(10-14(15)19(21)22)16(20)18-9-8-11-2-5-13(17)6-3-11/h2-7,10H,8-9H2,1H3,(H,18,20). The molecule has 2 aromatic rings. The van der Waals surface area contributed by atoms with Gasteiger partial charge in [0.05, 0.1) is 9.82 Å². The van der Waals surface area contributed by atoms with Gasteiger partial charge in [-0.2, -0.15) is 0 Å². The van der Waals surface area contributed by atoms with Gasteiger partial charge in [0.2, 0.25) is 0 Å². The fourth-order valence-electron chi connectivity index (χ4n) is 2.05. The zero-order chi connectivity index (χ0) is 16.8. The van der Waals surface area contributed by atoms with Crippen LogP contribution in [0, 0.1) is 10.1 Å². The van der Waals surface area contributed by atoms with Crippen molar-refractivity contribution in [2.45, 2.75) is 11.3 Å². The predicted octanol–water partition coefficient (Wildman–Crippen LogP) is 3.94. The minimum atomic E-state index is -0.476. The largest absolute Gasteiger partial charge is 0.352 e. The number of halogens is 1. The third-order valence-electron chi connectivity index (χ3n) is 3.25. The SMILES string of the molecule is CSc1ccc(C(=O)NCCc2ccc(Cl)cc2)cc1[N+](=O)[O-]. The van der Waals surface area contributed by atoms with Crippen LogP contribution in [0.25, 0.3) is 0 Å². The maximum absolute atomic E-state index is 12.1. The van der Waals surface area contributed by atoms with Crippen molar-refractivity contribution in [3.05, 3.63) is 68.7 Å². The van der Waals surface area contributed by atoms with Crippen LogP contribution in [0.4, 0.5) is 5.69 Å². The predicted molar refractivity (Wildman–Crippen MR) is 92.4 cm³/mol. The van der Waals surface area contributed by atoms with Gasteiger partial charge >= 0.3 is 0 Å². The van der Waals surface area contributed by atoms with Crippen LogP contribution in [0.5, 0.6) is 0 Å². The molecular formula is C16H15ClN2O3S. The summed E-state index contributed by atoms with van der Waals surface area (Å²) in [6, 6.07) is 11.9. The Hall–Kier alpha value is -2.05. The summed E-state index contributed by atoms with van der Waals surface area (Å²) in [5, 5.41) is 14.5.